The Morgan fingerprint density at radius 3 is 2.75 bits per heavy atom. The van der Waals surface area contributed by atoms with Crippen LogP contribution in [0.4, 0.5) is 0 Å². The van der Waals surface area contributed by atoms with E-state index in [1.165, 1.54) is 0 Å². The third-order valence-electron chi connectivity index (χ3n) is 1.81. The molecule has 0 aromatic carbocycles. The van der Waals surface area contributed by atoms with Crippen molar-refractivity contribution in [3.05, 3.63) is 11.8 Å². The van der Waals surface area contributed by atoms with E-state index in [2.05, 4.69) is 0 Å². The molecule has 0 amide bonds. The maximum atomic E-state index is 11.5. The maximum Gasteiger partial charge on any atom is 0.181 e. The number of ketones is 1. The smallest absolute Gasteiger partial charge is 0.181 e. The van der Waals surface area contributed by atoms with Gasteiger partial charge in [-0.2, -0.15) is 0 Å². The second-order valence-corrected chi connectivity index (χ2v) is 3.67. The van der Waals surface area contributed by atoms with Gasteiger partial charge in [-0.15, -0.1) is 0 Å². The molecular weight excluding hydrogens is 154 g/mol. The molecule has 0 unspecified atom stereocenters. The van der Waals surface area contributed by atoms with Gasteiger partial charge < -0.3 is 10.5 Å². The van der Waals surface area contributed by atoms with Crippen LogP contribution in [0.3, 0.4) is 0 Å². The van der Waals surface area contributed by atoms with Gasteiger partial charge in [0.1, 0.15) is 0 Å². The molecule has 3 nitrogen and oxygen atoms in total. The van der Waals surface area contributed by atoms with Gasteiger partial charge in [0, 0.05) is 5.57 Å². The lowest BCUT2D eigenvalue weighted by Crippen LogP contribution is -2.42. The first-order chi connectivity index (χ1) is 5.52. The minimum Gasteiger partial charge on any atom is -0.501 e. The number of hydrogen-bond acceptors (Lipinski definition) is 3. The van der Waals surface area contributed by atoms with Crippen LogP contribution in [0.1, 0.15) is 26.7 Å². The standard InChI is InChI=1S/C9H15NO2/c1-9(2,10)8(11)7-4-3-5-12-6-7/h6H,3-5,10H2,1-2H3. The fourth-order valence-electron chi connectivity index (χ4n) is 1.15. The number of ether oxygens (including phenoxy) is 1. The van der Waals surface area contributed by atoms with Gasteiger partial charge in [0.2, 0.25) is 0 Å². The second-order valence-electron chi connectivity index (χ2n) is 3.67. The zero-order valence-electron chi connectivity index (χ0n) is 7.59. The normalized spacial score (nSPS) is 18.1. The van der Waals surface area contributed by atoms with Gasteiger partial charge in [-0.25, -0.2) is 0 Å². The molecule has 2 N–H and O–H groups in total. The van der Waals surface area contributed by atoms with Crippen molar-refractivity contribution in [3.63, 3.8) is 0 Å². The van der Waals surface area contributed by atoms with Crippen molar-refractivity contribution >= 4 is 5.78 Å². The number of carbonyl (C=O) groups excluding carboxylic acids is 1. The molecule has 0 aliphatic carbocycles. The Labute approximate surface area is 72.6 Å². The largest absolute Gasteiger partial charge is 0.501 e. The summed E-state index contributed by atoms with van der Waals surface area (Å²) in [5, 5.41) is 0. The van der Waals surface area contributed by atoms with Crippen LogP contribution >= 0.6 is 0 Å². The molecule has 0 saturated heterocycles. The van der Waals surface area contributed by atoms with Crippen LogP contribution in [-0.4, -0.2) is 17.9 Å². The molecule has 1 aliphatic heterocycles. The molecule has 0 spiro atoms. The fourth-order valence-corrected chi connectivity index (χ4v) is 1.15. The molecule has 0 fully saturated rings. The second kappa shape index (κ2) is 3.27. The summed E-state index contributed by atoms with van der Waals surface area (Å²) < 4.78 is 5.06. The van der Waals surface area contributed by atoms with Crippen molar-refractivity contribution in [1.29, 1.82) is 0 Å². The van der Waals surface area contributed by atoms with Gasteiger partial charge >= 0.3 is 0 Å². The Morgan fingerprint density at radius 2 is 2.33 bits per heavy atom. The summed E-state index contributed by atoms with van der Waals surface area (Å²) in [7, 11) is 0. The predicted octanol–water partition coefficient (Wildman–Crippen LogP) is 0.987. The maximum absolute atomic E-state index is 11.5. The minimum atomic E-state index is -0.771. The number of carbonyl (C=O) groups is 1. The average molecular weight is 169 g/mol. The van der Waals surface area contributed by atoms with Crippen LogP contribution in [0.5, 0.6) is 0 Å². The lowest BCUT2D eigenvalue weighted by Gasteiger charge is -2.20. The molecule has 1 rings (SSSR count). The summed E-state index contributed by atoms with van der Waals surface area (Å²) in [6, 6.07) is 0. The van der Waals surface area contributed by atoms with Gasteiger partial charge in [-0.05, 0) is 26.7 Å². The van der Waals surface area contributed by atoms with Crippen molar-refractivity contribution in [2.75, 3.05) is 6.61 Å². The van der Waals surface area contributed by atoms with Gasteiger partial charge in [0.25, 0.3) is 0 Å². The highest BCUT2D eigenvalue weighted by molar-refractivity contribution is 6.01. The van der Waals surface area contributed by atoms with Crippen molar-refractivity contribution in [2.45, 2.75) is 32.2 Å². The van der Waals surface area contributed by atoms with Gasteiger partial charge in [0.05, 0.1) is 18.4 Å². The molecule has 12 heavy (non-hydrogen) atoms. The monoisotopic (exact) mass is 169 g/mol. The van der Waals surface area contributed by atoms with Crippen molar-refractivity contribution in [3.8, 4) is 0 Å². The topological polar surface area (TPSA) is 52.3 Å². The van der Waals surface area contributed by atoms with Crippen LogP contribution in [0.25, 0.3) is 0 Å². The van der Waals surface area contributed by atoms with E-state index in [9.17, 15) is 4.79 Å². The number of hydrogen-bond donors (Lipinski definition) is 1. The van der Waals surface area contributed by atoms with E-state index in [-0.39, 0.29) is 5.78 Å². The molecule has 1 aliphatic rings. The highest BCUT2D eigenvalue weighted by atomic mass is 16.5. The Hall–Kier alpha value is -0.830. The zero-order valence-corrected chi connectivity index (χ0v) is 7.59. The van der Waals surface area contributed by atoms with Crippen molar-refractivity contribution < 1.29 is 9.53 Å². The summed E-state index contributed by atoms with van der Waals surface area (Å²) in [5.41, 5.74) is 5.61. The average Bonchev–Trinajstić information content (AvgIpc) is 2.03. The van der Waals surface area contributed by atoms with Gasteiger partial charge in [-0.3, -0.25) is 4.79 Å². The molecule has 0 atom stereocenters. The first kappa shape index (κ1) is 9.26. The SMILES string of the molecule is CC(C)(N)C(=O)C1=COCCC1. The summed E-state index contributed by atoms with van der Waals surface area (Å²) >= 11 is 0. The van der Waals surface area contributed by atoms with Crippen LogP contribution in [0.2, 0.25) is 0 Å². The van der Waals surface area contributed by atoms with Crippen LogP contribution in [0.15, 0.2) is 11.8 Å². The molecule has 1 heterocycles. The minimum absolute atomic E-state index is 0.0119. The Bertz CT molecular complexity index is 213. The summed E-state index contributed by atoms with van der Waals surface area (Å²) in [6.07, 6.45) is 3.24. The highest BCUT2D eigenvalue weighted by Crippen LogP contribution is 2.17. The molecule has 0 radical (unpaired) electrons. The van der Waals surface area contributed by atoms with E-state index in [0.717, 1.165) is 12.8 Å². The molecule has 0 saturated carbocycles. The Balaban J connectivity index is 2.70. The van der Waals surface area contributed by atoms with E-state index >= 15 is 0 Å². The zero-order chi connectivity index (χ0) is 9.19. The van der Waals surface area contributed by atoms with E-state index in [1.54, 1.807) is 20.1 Å². The molecule has 3 heteroatoms. The molecule has 68 valence electrons. The first-order valence-corrected chi connectivity index (χ1v) is 4.16. The van der Waals surface area contributed by atoms with Crippen LogP contribution < -0.4 is 5.73 Å². The predicted molar refractivity (Wildman–Crippen MR) is 46.5 cm³/mol. The first-order valence-electron chi connectivity index (χ1n) is 4.16. The molecule has 0 aromatic heterocycles. The van der Waals surface area contributed by atoms with E-state index < -0.39 is 5.54 Å². The van der Waals surface area contributed by atoms with Crippen molar-refractivity contribution in [1.82, 2.24) is 0 Å². The van der Waals surface area contributed by atoms with E-state index in [1.807, 2.05) is 0 Å². The van der Waals surface area contributed by atoms with Gasteiger partial charge in [-0.1, -0.05) is 0 Å². The third-order valence-corrected chi connectivity index (χ3v) is 1.81. The highest BCUT2D eigenvalue weighted by Gasteiger charge is 2.26. The van der Waals surface area contributed by atoms with E-state index in [4.69, 9.17) is 10.5 Å². The quantitative estimate of drug-likeness (QED) is 0.670. The number of Topliss-reactive ketones (excluding diaryl/α,β-unsaturated/α-hetero) is 1. The van der Waals surface area contributed by atoms with Gasteiger partial charge in [0.15, 0.2) is 5.78 Å². The van der Waals surface area contributed by atoms with Crippen LogP contribution in [0, 0.1) is 0 Å². The number of rotatable bonds is 2. The summed E-state index contributed by atoms with van der Waals surface area (Å²) in [5.74, 6) is -0.0119. The number of nitrogens with two attached hydrogens (primary N) is 1. The lowest BCUT2D eigenvalue weighted by atomic mass is 9.92. The molecule has 0 aromatic rings. The summed E-state index contributed by atoms with van der Waals surface area (Å²) in [6.45, 7) is 4.14. The molecular formula is C9H15NO2. The summed E-state index contributed by atoms with van der Waals surface area (Å²) in [4.78, 5) is 11.5. The Morgan fingerprint density at radius 1 is 1.67 bits per heavy atom. The lowest BCUT2D eigenvalue weighted by molar-refractivity contribution is -0.119. The van der Waals surface area contributed by atoms with Crippen molar-refractivity contribution in [2.24, 2.45) is 5.73 Å². The molecule has 0 bridgehead atoms. The Kier molecular flexibility index (Phi) is 2.52. The fraction of sp³-hybridized carbons (Fsp3) is 0.667. The third kappa shape index (κ3) is 2.08. The van der Waals surface area contributed by atoms with Crippen LogP contribution in [-0.2, 0) is 9.53 Å². The van der Waals surface area contributed by atoms with E-state index in [0.29, 0.717) is 12.2 Å².